The second kappa shape index (κ2) is 7.26. The van der Waals surface area contributed by atoms with E-state index in [1.165, 1.54) is 40.9 Å². The smallest absolute Gasteiger partial charge is 0.261 e. The summed E-state index contributed by atoms with van der Waals surface area (Å²) in [5.74, 6) is 2.78. The Morgan fingerprint density at radius 1 is 1.44 bits per heavy atom. The van der Waals surface area contributed by atoms with E-state index in [2.05, 4.69) is 46.6 Å². The Bertz CT molecular complexity index is 842. The van der Waals surface area contributed by atoms with Gasteiger partial charge in [-0.1, -0.05) is 12.1 Å². The van der Waals surface area contributed by atoms with Crippen LogP contribution in [0.15, 0.2) is 18.2 Å². The lowest BCUT2D eigenvalue weighted by molar-refractivity contribution is 0.120. The van der Waals surface area contributed by atoms with Gasteiger partial charge < -0.3 is 4.90 Å². The molecule has 0 saturated carbocycles. The highest BCUT2D eigenvalue weighted by molar-refractivity contribution is 7.98. The number of piperidine rings is 1. The van der Waals surface area contributed by atoms with Gasteiger partial charge >= 0.3 is 0 Å². The van der Waals surface area contributed by atoms with Crippen LogP contribution in [0.25, 0.3) is 10.9 Å². The number of aromatic amines is 1. The summed E-state index contributed by atoms with van der Waals surface area (Å²) in [5, 5.41) is 9.17. The van der Waals surface area contributed by atoms with Crippen molar-refractivity contribution in [2.75, 3.05) is 31.9 Å². The number of likely N-dealkylation sites (tertiary alicyclic amines) is 1. The highest BCUT2D eigenvalue weighted by atomic mass is 32.2. The largest absolute Gasteiger partial charge is 0.302 e. The number of likely N-dealkylation sites (N-methyl/N-ethyl adjacent to an activating group) is 1. The van der Waals surface area contributed by atoms with Crippen molar-refractivity contribution in [3.63, 3.8) is 0 Å². The summed E-state index contributed by atoms with van der Waals surface area (Å²) in [6.07, 6.45) is 5.37. The second-order valence-electron chi connectivity index (χ2n) is 7.05. The maximum absolute atomic E-state index is 9.19. The van der Waals surface area contributed by atoms with Crippen LogP contribution in [0.1, 0.15) is 23.6 Å². The third-order valence-corrected chi connectivity index (χ3v) is 5.87. The number of nitrogens with zero attached hydrogens (tertiary/aromatic N) is 2. The van der Waals surface area contributed by atoms with Gasteiger partial charge in [-0.05, 0) is 43.0 Å². The van der Waals surface area contributed by atoms with Gasteiger partial charge in [0.25, 0.3) is 10.1 Å². The molecule has 4 rings (SSSR count). The van der Waals surface area contributed by atoms with Crippen molar-refractivity contribution in [2.24, 2.45) is 5.92 Å². The standard InChI is InChI=1S/C16H21N3S.CH4O3S/c1-19-8-10(9-20-2)6-12-11-4-3-5-13-16(11)14(18-17-13)7-15(12)19;1-5(2,3)4/h3-5,10,12,15H,6-9H2,1-2H3,(H,17,18);1H3,(H,2,3,4)/t10-,12?,15-;/m1./s1. The molecule has 1 aliphatic heterocycles. The van der Waals surface area contributed by atoms with Crippen molar-refractivity contribution in [2.45, 2.75) is 24.8 Å². The van der Waals surface area contributed by atoms with E-state index in [0.29, 0.717) is 18.2 Å². The molecule has 0 amide bonds. The molecular weight excluding hydrogens is 358 g/mol. The molecule has 1 aliphatic carbocycles. The molecule has 2 heterocycles. The molecule has 0 spiro atoms. The van der Waals surface area contributed by atoms with Gasteiger partial charge in [0.05, 0.1) is 17.5 Å². The van der Waals surface area contributed by atoms with Gasteiger partial charge in [0, 0.05) is 30.3 Å². The number of aromatic nitrogens is 2. The average Bonchev–Trinajstić information content (AvgIpc) is 2.92. The maximum Gasteiger partial charge on any atom is 0.261 e. The van der Waals surface area contributed by atoms with Crippen LogP contribution >= 0.6 is 11.8 Å². The number of thioether (sulfide) groups is 1. The van der Waals surface area contributed by atoms with Crippen molar-refractivity contribution >= 4 is 32.8 Å². The van der Waals surface area contributed by atoms with Crippen LogP contribution < -0.4 is 0 Å². The second-order valence-corrected chi connectivity index (χ2v) is 9.42. The molecule has 8 heteroatoms. The lowest BCUT2D eigenvalue weighted by atomic mass is 9.73. The summed E-state index contributed by atoms with van der Waals surface area (Å²) in [7, 11) is -1.37. The van der Waals surface area contributed by atoms with Crippen LogP contribution in [0.2, 0.25) is 0 Å². The molecule has 138 valence electrons. The van der Waals surface area contributed by atoms with E-state index in [9.17, 15) is 8.42 Å². The van der Waals surface area contributed by atoms with E-state index >= 15 is 0 Å². The van der Waals surface area contributed by atoms with Gasteiger partial charge in [-0.3, -0.25) is 9.65 Å². The minimum Gasteiger partial charge on any atom is -0.302 e. The summed E-state index contributed by atoms with van der Waals surface area (Å²) in [4.78, 5) is 2.57. The van der Waals surface area contributed by atoms with Crippen LogP contribution in [-0.2, 0) is 16.5 Å². The zero-order chi connectivity index (χ0) is 18.2. The SMILES string of the molecule is CS(=O)(=O)O.CSC[C@@H]1CC2c3cccc4[nH]nc(c34)C[C@H]2N(C)C1. The number of fused-ring (bicyclic) bond motifs is 2. The fourth-order valence-electron chi connectivity index (χ4n) is 4.25. The number of hydrogen-bond acceptors (Lipinski definition) is 5. The molecular formula is C17H25N3O3S2. The molecule has 2 aromatic rings. The molecule has 1 fully saturated rings. The van der Waals surface area contributed by atoms with E-state index in [0.717, 1.165) is 12.3 Å². The van der Waals surface area contributed by atoms with E-state index in [1.54, 1.807) is 0 Å². The first-order chi connectivity index (χ1) is 11.8. The summed E-state index contributed by atoms with van der Waals surface area (Å²) < 4.78 is 25.9. The number of rotatable bonds is 2. The number of nitrogens with one attached hydrogen (secondary N) is 1. The van der Waals surface area contributed by atoms with Crippen LogP contribution in [0, 0.1) is 5.92 Å². The predicted molar refractivity (Wildman–Crippen MR) is 103 cm³/mol. The first-order valence-corrected chi connectivity index (χ1v) is 11.6. The lowest BCUT2D eigenvalue weighted by Gasteiger charge is -2.45. The maximum atomic E-state index is 9.19. The first-order valence-electron chi connectivity index (χ1n) is 8.35. The topological polar surface area (TPSA) is 86.3 Å². The zero-order valence-corrected chi connectivity index (χ0v) is 16.4. The normalized spacial score (nSPS) is 26.0. The molecule has 0 bridgehead atoms. The van der Waals surface area contributed by atoms with E-state index in [4.69, 9.17) is 4.55 Å². The molecule has 6 nitrogen and oxygen atoms in total. The van der Waals surface area contributed by atoms with Crippen molar-refractivity contribution in [3.05, 3.63) is 29.5 Å². The zero-order valence-electron chi connectivity index (χ0n) is 14.8. The quantitative estimate of drug-likeness (QED) is 0.775. The van der Waals surface area contributed by atoms with Gasteiger partial charge in [0.2, 0.25) is 0 Å². The fraction of sp³-hybridized carbons (Fsp3) is 0.588. The van der Waals surface area contributed by atoms with E-state index in [-0.39, 0.29) is 0 Å². The third-order valence-electron chi connectivity index (χ3n) is 5.06. The van der Waals surface area contributed by atoms with Gasteiger partial charge in [0.15, 0.2) is 0 Å². The molecule has 1 aromatic heterocycles. The molecule has 1 unspecified atom stereocenters. The third kappa shape index (κ3) is 4.19. The highest BCUT2D eigenvalue weighted by Crippen LogP contribution is 2.43. The minimum atomic E-state index is -3.67. The molecule has 0 radical (unpaired) electrons. The number of hydrogen-bond donors (Lipinski definition) is 2. The van der Waals surface area contributed by atoms with Crippen molar-refractivity contribution in [3.8, 4) is 0 Å². The Kier molecular flexibility index (Phi) is 5.43. The summed E-state index contributed by atoms with van der Waals surface area (Å²) >= 11 is 1.98. The number of benzene rings is 1. The van der Waals surface area contributed by atoms with Gasteiger partial charge in [0.1, 0.15) is 0 Å². The molecule has 25 heavy (non-hydrogen) atoms. The monoisotopic (exact) mass is 383 g/mol. The van der Waals surface area contributed by atoms with Crippen molar-refractivity contribution in [1.29, 1.82) is 0 Å². The van der Waals surface area contributed by atoms with Crippen molar-refractivity contribution < 1.29 is 13.0 Å². The Labute approximate surface area is 153 Å². The molecule has 3 atom stereocenters. The van der Waals surface area contributed by atoms with Crippen LogP contribution in [-0.4, -0.2) is 66.0 Å². The Morgan fingerprint density at radius 3 is 2.84 bits per heavy atom. The number of H-pyrrole nitrogens is 1. The van der Waals surface area contributed by atoms with Gasteiger partial charge in [-0.2, -0.15) is 25.3 Å². The summed E-state index contributed by atoms with van der Waals surface area (Å²) in [6, 6.07) is 7.30. The summed E-state index contributed by atoms with van der Waals surface area (Å²) in [6.45, 7) is 1.23. The van der Waals surface area contributed by atoms with Crippen LogP contribution in [0.5, 0.6) is 0 Å². The Morgan fingerprint density at radius 2 is 2.16 bits per heavy atom. The fourth-order valence-corrected chi connectivity index (χ4v) is 4.97. The Hall–Kier alpha value is -1.09. The molecule has 2 aliphatic rings. The van der Waals surface area contributed by atoms with E-state index < -0.39 is 10.1 Å². The van der Waals surface area contributed by atoms with Gasteiger partial charge in [-0.15, -0.1) is 0 Å². The lowest BCUT2D eigenvalue weighted by Crippen LogP contribution is -2.48. The molecule has 1 aromatic carbocycles. The predicted octanol–water partition coefficient (Wildman–Crippen LogP) is 2.39. The van der Waals surface area contributed by atoms with Gasteiger partial charge in [-0.25, -0.2) is 0 Å². The molecule has 2 N–H and O–H groups in total. The highest BCUT2D eigenvalue weighted by Gasteiger charge is 2.39. The minimum absolute atomic E-state index is 0.634. The molecule has 1 saturated heterocycles. The van der Waals surface area contributed by atoms with Crippen molar-refractivity contribution in [1.82, 2.24) is 15.1 Å². The van der Waals surface area contributed by atoms with Crippen LogP contribution in [0.3, 0.4) is 0 Å². The van der Waals surface area contributed by atoms with E-state index in [1.807, 2.05) is 11.8 Å². The summed E-state index contributed by atoms with van der Waals surface area (Å²) in [5.41, 5.74) is 4.01. The average molecular weight is 384 g/mol. The first kappa shape index (κ1) is 18.7. The Balaban J connectivity index is 0.000000324. The van der Waals surface area contributed by atoms with Crippen LogP contribution in [0.4, 0.5) is 0 Å².